The standard InChI is InChI=1S/C10H13N3O2/c1-14-10(15-2)7-13-9-5-8(6-11)3-4-12-9/h3-5,10H,7H2,1-2H3,(H,12,13). The molecule has 0 spiro atoms. The number of ether oxygens (including phenoxy) is 2. The van der Waals surface area contributed by atoms with Gasteiger partial charge in [0, 0.05) is 20.4 Å². The van der Waals surface area contributed by atoms with Gasteiger partial charge >= 0.3 is 0 Å². The first-order chi connectivity index (χ1) is 7.30. The van der Waals surface area contributed by atoms with Gasteiger partial charge in [-0.1, -0.05) is 0 Å². The van der Waals surface area contributed by atoms with Gasteiger partial charge in [0.1, 0.15) is 5.82 Å². The molecule has 0 amide bonds. The zero-order chi connectivity index (χ0) is 11.1. The number of nitriles is 1. The lowest BCUT2D eigenvalue weighted by Gasteiger charge is -2.14. The molecule has 5 nitrogen and oxygen atoms in total. The second kappa shape index (κ2) is 5.96. The van der Waals surface area contributed by atoms with Crippen LogP contribution < -0.4 is 5.32 Å². The Morgan fingerprint density at radius 2 is 2.27 bits per heavy atom. The van der Waals surface area contributed by atoms with Gasteiger partial charge in [-0.05, 0) is 12.1 Å². The molecule has 0 aliphatic carbocycles. The van der Waals surface area contributed by atoms with Crippen molar-refractivity contribution in [3.63, 3.8) is 0 Å². The fraction of sp³-hybridized carbons (Fsp3) is 0.400. The van der Waals surface area contributed by atoms with E-state index in [0.717, 1.165) is 0 Å². The number of nitrogens with one attached hydrogen (secondary N) is 1. The Labute approximate surface area is 88.6 Å². The summed E-state index contributed by atoms with van der Waals surface area (Å²) in [6, 6.07) is 5.36. The maximum absolute atomic E-state index is 8.68. The Morgan fingerprint density at radius 1 is 1.53 bits per heavy atom. The Hall–Kier alpha value is -1.64. The Balaban J connectivity index is 2.54. The normalized spacial score (nSPS) is 10.0. The van der Waals surface area contributed by atoms with Crippen molar-refractivity contribution in [1.29, 1.82) is 5.26 Å². The lowest BCUT2D eigenvalue weighted by Crippen LogP contribution is -2.23. The topological polar surface area (TPSA) is 67.2 Å². The SMILES string of the molecule is COC(CNc1cc(C#N)ccn1)OC. The maximum atomic E-state index is 8.68. The van der Waals surface area contributed by atoms with Crippen LogP contribution in [0, 0.1) is 11.3 Å². The fourth-order valence-electron chi connectivity index (χ4n) is 1.05. The summed E-state index contributed by atoms with van der Waals surface area (Å²) in [6.45, 7) is 0.481. The Morgan fingerprint density at radius 3 is 2.87 bits per heavy atom. The lowest BCUT2D eigenvalue weighted by atomic mass is 10.3. The van der Waals surface area contributed by atoms with Crippen LogP contribution in [0.3, 0.4) is 0 Å². The number of hydrogen-bond donors (Lipinski definition) is 1. The van der Waals surface area contributed by atoms with Gasteiger partial charge in [-0.2, -0.15) is 5.26 Å². The summed E-state index contributed by atoms with van der Waals surface area (Å²) in [6.07, 6.45) is 1.26. The smallest absolute Gasteiger partial charge is 0.173 e. The van der Waals surface area contributed by atoms with Crippen LogP contribution in [-0.4, -0.2) is 32.0 Å². The van der Waals surface area contributed by atoms with E-state index in [1.807, 2.05) is 6.07 Å². The number of aromatic nitrogens is 1. The van der Waals surface area contributed by atoms with Crippen molar-refractivity contribution in [2.45, 2.75) is 6.29 Å². The number of rotatable bonds is 5. The third kappa shape index (κ3) is 3.54. The summed E-state index contributed by atoms with van der Waals surface area (Å²) in [7, 11) is 3.13. The van der Waals surface area contributed by atoms with Crippen LogP contribution in [0.5, 0.6) is 0 Å². The third-order valence-corrected chi connectivity index (χ3v) is 1.86. The molecular weight excluding hydrogens is 194 g/mol. The number of hydrogen-bond acceptors (Lipinski definition) is 5. The number of pyridine rings is 1. The summed E-state index contributed by atoms with van der Waals surface area (Å²) in [4.78, 5) is 4.05. The molecule has 15 heavy (non-hydrogen) atoms. The molecule has 1 heterocycles. The fourth-order valence-corrected chi connectivity index (χ4v) is 1.05. The van der Waals surface area contributed by atoms with E-state index in [1.54, 1.807) is 32.5 Å². The van der Waals surface area contributed by atoms with Crippen molar-refractivity contribution in [3.05, 3.63) is 23.9 Å². The molecule has 5 heteroatoms. The van der Waals surface area contributed by atoms with Gasteiger partial charge in [-0.3, -0.25) is 0 Å². The van der Waals surface area contributed by atoms with E-state index < -0.39 is 0 Å². The van der Waals surface area contributed by atoms with Crippen molar-refractivity contribution in [2.75, 3.05) is 26.1 Å². The first kappa shape index (κ1) is 11.4. The summed E-state index contributed by atoms with van der Waals surface area (Å²) in [5.41, 5.74) is 0.568. The molecule has 0 radical (unpaired) electrons. The minimum Gasteiger partial charge on any atom is -0.365 e. The van der Waals surface area contributed by atoms with Crippen LogP contribution >= 0.6 is 0 Å². The second-order valence-electron chi connectivity index (χ2n) is 2.82. The van der Waals surface area contributed by atoms with Crippen LogP contribution in [0.2, 0.25) is 0 Å². The average molecular weight is 207 g/mol. The predicted octanol–water partition coefficient (Wildman–Crippen LogP) is 0.984. The first-order valence-corrected chi connectivity index (χ1v) is 4.45. The molecule has 0 saturated heterocycles. The summed E-state index contributed by atoms with van der Waals surface area (Å²) < 4.78 is 10.0. The van der Waals surface area contributed by atoms with Crippen molar-refractivity contribution in [3.8, 4) is 6.07 Å². The number of methoxy groups -OCH3 is 2. The summed E-state index contributed by atoms with van der Waals surface area (Å²) >= 11 is 0. The van der Waals surface area contributed by atoms with Crippen LogP contribution in [0.1, 0.15) is 5.56 Å². The molecule has 0 aromatic carbocycles. The van der Waals surface area contributed by atoms with Gasteiger partial charge in [-0.15, -0.1) is 0 Å². The highest BCUT2D eigenvalue weighted by Gasteiger charge is 2.04. The zero-order valence-electron chi connectivity index (χ0n) is 8.73. The third-order valence-electron chi connectivity index (χ3n) is 1.86. The number of nitrogens with zero attached hydrogens (tertiary/aromatic N) is 2. The predicted molar refractivity (Wildman–Crippen MR) is 55.2 cm³/mol. The van der Waals surface area contributed by atoms with E-state index in [1.165, 1.54) is 0 Å². The van der Waals surface area contributed by atoms with Gasteiger partial charge in [0.25, 0.3) is 0 Å². The molecule has 1 N–H and O–H groups in total. The molecular formula is C10H13N3O2. The monoisotopic (exact) mass is 207 g/mol. The summed E-state index contributed by atoms with van der Waals surface area (Å²) in [5.74, 6) is 0.633. The minimum absolute atomic E-state index is 0.322. The number of anilines is 1. The highest BCUT2D eigenvalue weighted by molar-refractivity contribution is 5.42. The van der Waals surface area contributed by atoms with Gasteiger partial charge in [0.05, 0.1) is 18.2 Å². The molecule has 0 unspecified atom stereocenters. The molecule has 0 atom stereocenters. The molecule has 1 aromatic heterocycles. The Kier molecular flexibility index (Phi) is 4.54. The molecule has 0 aliphatic heterocycles. The zero-order valence-corrected chi connectivity index (χ0v) is 8.73. The van der Waals surface area contributed by atoms with Crippen molar-refractivity contribution in [1.82, 2.24) is 4.98 Å². The highest BCUT2D eigenvalue weighted by atomic mass is 16.7. The minimum atomic E-state index is -0.322. The molecule has 0 aliphatic rings. The molecule has 1 rings (SSSR count). The maximum Gasteiger partial charge on any atom is 0.173 e. The van der Waals surface area contributed by atoms with E-state index in [-0.39, 0.29) is 6.29 Å². The lowest BCUT2D eigenvalue weighted by molar-refractivity contribution is -0.0914. The van der Waals surface area contributed by atoms with E-state index in [2.05, 4.69) is 10.3 Å². The average Bonchev–Trinajstić information content (AvgIpc) is 2.31. The largest absolute Gasteiger partial charge is 0.365 e. The van der Waals surface area contributed by atoms with Crippen LogP contribution in [0.4, 0.5) is 5.82 Å². The van der Waals surface area contributed by atoms with E-state index in [9.17, 15) is 0 Å². The molecule has 80 valence electrons. The first-order valence-electron chi connectivity index (χ1n) is 4.45. The quantitative estimate of drug-likeness (QED) is 0.729. The second-order valence-corrected chi connectivity index (χ2v) is 2.82. The van der Waals surface area contributed by atoms with Crippen molar-refractivity contribution in [2.24, 2.45) is 0 Å². The van der Waals surface area contributed by atoms with E-state index in [4.69, 9.17) is 14.7 Å². The highest BCUT2D eigenvalue weighted by Crippen LogP contribution is 2.05. The molecule has 0 bridgehead atoms. The van der Waals surface area contributed by atoms with Crippen LogP contribution in [0.25, 0.3) is 0 Å². The van der Waals surface area contributed by atoms with E-state index >= 15 is 0 Å². The summed E-state index contributed by atoms with van der Waals surface area (Å²) in [5, 5.41) is 11.7. The van der Waals surface area contributed by atoms with Gasteiger partial charge in [-0.25, -0.2) is 4.98 Å². The van der Waals surface area contributed by atoms with Crippen LogP contribution in [-0.2, 0) is 9.47 Å². The van der Waals surface area contributed by atoms with Gasteiger partial charge < -0.3 is 14.8 Å². The molecule has 0 saturated carbocycles. The van der Waals surface area contributed by atoms with Crippen molar-refractivity contribution >= 4 is 5.82 Å². The van der Waals surface area contributed by atoms with Gasteiger partial charge in [0.15, 0.2) is 6.29 Å². The van der Waals surface area contributed by atoms with Crippen LogP contribution in [0.15, 0.2) is 18.3 Å². The van der Waals surface area contributed by atoms with E-state index in [0.29, 0.717) is 17.9 Å². The van der Waals surface area contributed by atoms with Gasteiger partial charge in [0.2, 0.25) is 0 Å². The molecule has 0 fully saturated rings. The Bertz CT molecular complexity index is 345. The molecule has 1 aromatic rings. The van der Waals surface area contributed by atoms with Crippen molar-refractivity contribution < 1.29 is 9.47 Å².